The highest BCUT2D eigenvalue weighted by Gasteiger charge is 2.17. The van der Waals surface area contributed by atoms with E-state index in [4.69, 9.17) is 14.2 Å². The molecule has 0 atom stereocenters. The quantitative estimate of drug-likeness (QED) is 0.819. The zero-order chi connectivity index (χ0) is 15.9. The van der Waals surface area contributed by atoms with E-state index in [0.29, 0.717) is 29.4 Å². The van der Waals surface area contributed by atoms with Gasteiger partial charge in [-0.1, -0.05) is 0 Å². The molecule has 7 heteroatoms. The van der Waals surface area contributed by atoms with E-state index in [0.717, 1.165) is 19.6 Å². The number of benzene rings is 1. The maximum absolute atomic E-state index is 12.3. The minimum absolute atomic E-state index is 0. The van der Waals surface area contributed by atoms with Crippen molar-refractivity contribution in [3.05, 3.63) is 17.7 Å². The molecule has 0 aliphatic carbocycles. The van der Waals surface area contributed by atoms with Gasteiger partial charge in [-0.05, 0) is 38.1 Å². The molecule has 0 saturated carbocycles. The average molecular weight is 345 g/mol. The molecule has 1 N–H and O–H groups in total. The molecule has 1 saturated heterocycles. The van der Waals surface area contributed by atoms with Crippen LogP contribution in [-0.2, 0) is 0 Å². The number of likely N-dealkylation sites (tertiary alicyclic amines) is 1. The number of methoxy groups -OCH3 is 3. The van der Waals surface area contributed by atoms with Crippen LogP contribution in [0.5, 0.6) is 17.2 Å². The third-order valence-electron chi connectivity index (χ3n) is 3.84. The number of amides is 1. The van der Waals surface area contributed by atoms with Crippen LogP contribution in [0.3, 0.4) is 0 Å². The van der Waals surface area contributed by atoms with Crippen molar-refractivity contribution >= 4 is 18.3 Å². The Morgan fingerprint density at radius 1 is 1.09 bits per heavy atom. The summed E-state index contributed by atoms with van der Waals surface area (Å²) in [5, 5.41) is 2.93. The van der Waals surface area contributed by atoms with Gasteiger partial charge in [0.2, 0.25) is 5.75 Å². The smallest absolute Gasteiger partial charge is 0.251 e. The zero-order valence-corrected chi connectivity index (χ0v) is 14.7. The highest BCUT2D eigenvalue weighted by Crippen LogP contribution is 2.38. The van der Waals surface area contributed by atoms with Gasteiger partial charge < -0.3 is 24.4 Å². The molecule has 1 fully saturated rings. The van der Waals surface area contributed by atoms with Gasteiger partial charge in [0.15, 0.2) is 11.5 Å². The number of halogens is 1. The number of nitrogens with zero attached hydrogens (tertiary/aromatic N) is 1. The summed E-state index contributed by atoms with van der Waals surface area (Å²) in [6.07, 6.45) is 2.50. The summed E-state index contributed by atoms with van der Waals surface area (Å²) >= 11 is 0. The van der Waals surface area contributed by atoms with Crippen molar-refractivity contribution in [3.63, 3.8) is 0 Å². The molecule has 0 unspecified atom stereocenters. The Morgan fingerprint density at radius 3 is 2.13 bits per heavy atom. The maximum atomic E-state index is 12.3. The van der Waals surface area contributed by atoms with Crippen LogP contribution < -0.4 is 19.5 Å². The number of hydrogen-bond donors (Lipinski definition) is 1. The van der Waals surface area contributed by atoms with Gasteiger partial charge in [-0.3, -0.25) is 4.79 Å². The van der Waals surface area contributed by atoms with Gasteiger partial charge in [-0.25, -0.2) is 0 Å². The molecule has 0 radical (unpaired) electrons. The normalized spacial score (nSPS) is 14.0. The van der Waals surface area contributed by atoms with Crippen LogP contribution in [0, 0.1) is 0 Å². The van der Waals surface area contributed by atoms with E-state index in [2.05, 4.69) is 10.2 Å². The summed E-state index contributed by atoms with van der Waals surface area (Å²) in [7, 11) is 4.61. The van der Waals surface area contributed by atoms with Crippen LogP contribution in [0.25, 0.3) is 0 Å². The van der Waals surface area contributed by atoms with Gasteiger partial charge in [0.1, 0.15) is 0 Å². The van der Waals surface area contributed by atoms with Crippen LogP contribution in [0.4, 0.5) is 0 Å². The van der Waals surface area contributed by atoms with E-state index in [1.807, 2.05) is 0 Å². The molecule has 1 aromatic rings. The van der Waals surface area contributed by atoms with Gasteiger partial charge >= 0.3 is 0 Å². The molecule has 1 amide bonds. The first-order valence-electron chi connectivity index (χ1n) is 7.50. The fraction of sp³-hybridized carbons (Fsp3) is 0.562. The van der Waals surface area contributed by atoms with E-state index >= 15 is 0 Å². The number of rotatable bonds is 7. The van der Waals surface area contributed by atoms with Crippen LogP contribution in [0.1, 0.15) is 23.2 Å². The standard InChI is InChI=1S/C16H24N2O4.ClH/c1-20-13-10-12(11-14(21-2)15(13)22-3)16(19)17-6-9-18-7-4-5-8-18;/h10-11H,4-9H2,1-3H3,(H,17,19);1H. The second-order valence-corrected chi connectivity index (χ2v) is 5.22. The molecule has 0 bridgehead atoms. The molecule has 1 aliphatic heterocycles. The molecule has 2 rings (SSSR count). The Bertz CT molecular complexity index is 494. The lowest BCUT2D eigenvalue weighted by Gasteiger charge is -2.16. The first-order valence-corrected chi connectivity index (χ1v) is 7.50. The number of ether oxygens (including phenoxy) is 3. The molecule has 0 aromatic heterocycles. The van der Waals surface area contributed by atoms with Crippen molar-refractivity contribution in [3.8, 4) is 17.2 Å². The second-order valence-electron chi connectivity index (χ2n) is 5.22. The van der Waals surface area contributed by atoms with Crippen molar-refractivity contribution in [2.45, 2.75) is 12.8 Å². The lowest BCUT2D eigenvalue weighted by atomic mass is 10.1. The minimum Gasteiger partial charge on any atom is -0.493 e. The lowest BCUT2D eigenvalue weighted by Crippen LogP contribution is -2.33. The van der Waals surface area contributed by atoms with Gasteiger partial charge in [0.25, 0.3) is 5.91 Å². The van der Waals surface area contributed by atoms with E-state index in [1.165, 1.54) is 34.2 Å². The first kappa shape index (κ1) is 19.4. The van der Waals surface area contributed by atoms with Gasteiger partial charge in [-0.15, -0.1) is 12.4 Å². The van der Waals surface area contributed by atoms with Crippen molar-refractivity contribution in [2.75, 3.05) is 47.5 Å². The van der Waals surface area contributed by atoms with Crippen molar-refractivity contribution in [2.24, 2.45) is 0 Å². The molecule has 1 heterocycles. The summed E-state index contributed by atoms with van der Waals surface area (Å²) < 4.78 is 15.8. The van der Waals surface area contributed by atoms with Crippen LogP contribution >= 0.6 is 12.4 Å². The topological polar surface area (TPSA) is 60.0 Å². The Hall–Kier alpha value is -1.66. The molecule has 6 nitrogen and oxygen atoms in total. The predicted molar refractivity (Wildman–Crippen MR) is 91.4 cm³/mol. The number of nitrogens with one attached hydrogen (secondary N) is 1. The average Bonchev–Trinajstić information content (AvgIpc) is 3.06. The molecular weight excluding hydrogens is 320 g/mol. The summed E-state index contributed by atoms with van der Waals surface area (Å²) in [6.45, 7) is 3.77. The molecule has 1 aliphatic rings. The Morgan fingerprint density at radius 2 is 1.65 bits per heavy atom. The van der Waals surface area contributed by atoms with E-state index in [9.17, 15) is 4.79 Å². The van der Waals surface area contributed by atoms with E-state index in [1.54, 1.807) is 12.1 Å². The highest BCUT2D eigenvalue weighted by molar-refractivity contribution is 5.95. The largest absolute Gasteiger partial charge is 0.493 e. The fourth-order valence-electron chi connectivity index (χ4n) is 2.65. The van der Waals surface area contributed by atoms with Crippen LogP contribution in [-0.4, -0.2) is 58.3 Å². The molecular formula is C16H25ClN2O4. The summed E-state index contributed by atoms with van der Waals surface area (Å²) in [5.41, 5.74) is 0.496. The Kier molecular flexibility index (Phi) is 7.98. The maximum Gasteiger partial charge on any atom is 0.251 e. The van der Waals surface area contributed by atoms with Crippen molar-refractivity contribution in [1.29, 1.82) is 0 Å². The monoisotopic (exact) mass is 344 g/mol. The van der Waals surface area contributed by atoms with Crippen molar-refractivity contribution < 1.29 is 19.0 Å². The number of hydrogen-bond acceptors (Lipinski definition) is 5. The third-order valence-corrected chi connectivity index (χ3v) is 3.84. The summed E-state index contributed by atoms with van der Waals surface area (Å²) in [5.74, 6) is 1.30. The lowest BCUT2D eigenvalue weighted by molar-refractivity contribution is 0.0949. The third kappa shape index (κ3) is 4.91. The van der Waals surface area contributed by atoms with Gasteiger partial charge in [-0.2, -0.15) is 0 Å². The molecule has 1 aromatic carbocycles. The zero-order valence-electron chi connectivity index (χ0n) is 13.9. The van der Waals surface area contributed by atoms with Gasteiger partial charge in [0.05, 0.1) is 21.3 Å². The molecule has 130 valence electrons. The van der Waals surface area contributed by atoms with Crippen LogP contribution in [0.2, 0.25) is 0 Å². The van der Waals surface area contributed by atoms with Gasteiger partial charge in [0, 0.05) is 18.7 Å². The van der Waals surface area contributed by atoms with E-state index in [-0.39, 0.29) is 18.3 Å². The summed E-state index contributed by atoms with van der Waals surface area (Å²) in [4.78, 5) is 14.6. The molecule has 23 heavy (non-hydrogen) atoms. The van der Waals surface area contributed by atoms with Crippen LogP contribution in [0.15, 0.2) is 12.1 Å². The SMILES string of the molecule is COc1cc(C(=O)NCCN2CCCC2)cc(OC)c1OC.Cl. The number of carbonyl (C=O) groups excluding carboxylic acids is 1. The van der Waals surface area contributed by atoms with Crippen molar-refractivity contribution in [1.82, 2.24) is 10.2 Å². The molecule has 0 spiro atoms. The predicted octanol–water partition coefficient (Wildman–Crippen LogP) is 1.96. The Labute approximate surface area is 143 Å². The minimum atomic E-state index is -0.140. The Balaban J connectivity index is 0.00000264. The fourth-order valence-corrected chi connectivity index (χ4v) is 2.65. The summed E-state index contributed by atoms with van der Waals surface area (Å²) in [6, 6.07) is 3.32. The first-order chi connectivity index (χ1) is 10.7. The number of carbonyl (C=O) groups is 1. The highest BCUT2D eigenvalue weighted by atomic mass is 35.5. The second kappa shape index (κ2) is 9.47. The van der Waals surface area contributed by atoms with E-state index < -0.39 is 0 Å².